The highest BCUT2D eigenvalue weighted by molar-refractivity contribution is 7.80. The van der Waals surface area contributed by atoms with Gasteiger partial charge in [-0.2, -0.15) is 8.42 Å². The largest absolute Gasteiger partial charge is 0.457 e. The van der Waals surface area contributed by atoms with Gasteiger partial charge in [-0.15, -0.1) is 0 Å². The fourth-order valence-electron chi connectivity index (χ4n) is 6.75. The second kappa shape index (κ2) is 40.1. The van der Waals surface area contributed by atoms with E-state index in [0.717, 1.165) is 103 Å². The molecule has 1 fully saturated rings. The molecule has 1 aliphatic heterocycles. The summed E-state index contributed by atoms with van der Waals surface area (Å²) in [4.78, 5) is 12.9. The van der Waals surface area contributed by atoms with E-state index in [1.807, 2.05) is 0 Å². The zero-order valence-electron chi connectivity index (χ0n) is 38.2. The molecule has 0 radical (unpaired) electrons. The summed E-state index contributed by atoms with van der Waals surface area (Å²) in [6.07, 6.45) is 42.2. The Balaban J connectivity index is 2.44. The molecule has 1 saturated heterocycles. The molecule has 0 aromatic heterocycles. The third-order valence-electron chi connectivity index (χ3n) is 10.3. The predicted molar refractivity (Wildman–Crippen MR) is 248 cm³/mol. The Bertz CT molecular complexity index is 1360. The molecular formula is C49H84O12S. The lowest BCUT2D eigenvalue weighted by atomic mass is 9.99. The van der Waals surface area contributed by atoms with Crippen LogP contribution >= 0.6 is 0 Å². The van der Waals surface area contributed by atoms with E-state index in [9.17, 15) is 28.5 Å². The quantitative estimate of drug-likeness (QED) is 0.0198. The van der Waals surface area contributed by atoms with Gasteiger partial charge in [-0.3, -0.25) is 9.35 Å². The standard InChI is InChI=1S/C49H84O12S/c1-3-5-7-9-11-13-15-17-19-20-21-22-23-25-27-29-31-33-35-37-39-57-41-43(42-58-49-47(53)48(61-62(54,55)56)46(52)44(40-50)60-49)59-45(51)38-36-34-32-30-28-26-24-18-16-14-12-10-8-6-4-2/h5,7,11,13,17-19,21-22,24-25,27,43-44,46-50,52-53H,3-4,6,8-10,12,14-16,20,23,26,28-42H2,1-2H3,(H,54,55,56)/b7-5-,13-11-,19-17-,22-21-,24-18-,27-25-. The van der Waals surface area contributed by atoms with E-state index in [1.165, 1.54) is 38.5 Å². The van der Waals surface area contributed by atoms with Crippen LogP contribution in [0.4, 0.5) is 0 Å². The highest BCUT2D eigenvalue weighted by Crippen LogP contribution is 2.26. The van der Waals surface area contributed by atoms with Gasteiger partial charge in [0.15, 0.2) is 6.29 Å². The van der Waals surface area contributed by atoms with Crippen LogP contribution in [0.25, 0.3) is 0 Å². The molecule has 358 valence electrons. The number of unbranched alkanes of at least 4 members (excludes halogenated alkanes) is 15. The molecule has 0 spiro atoms. The number of hydrogen-bond donors (Lipinski definition) is 4. The Morgan fingerprint density at radius 1 is 0.629 bits per heavy atom. The van der Waals surface area contributed by atoms with Crippen molar-refractivity contribution in [3.8, 4) is 0 Å². The number of hydrogen-bond acceptors (Lipinski definition) is 11. The molecule has 62 heavy (non-hydrogen) atoms. The molecule has 0 aromatic carbocycles. The van der Waals surface area contributed by atoms with Crippen molar-refractivity contribution >= 4 is 16.4 Å². The Labute approximate surface area is 375 Å². The topological polar surface area (TPSA) is 178 Å². The molecule has 0 aliphatic carbocycles. The SMILES string of the molecule is CC/C=C\C/C=C\C/C=C\C/C=C\C/C=C\CCCCCCOCC(COC1OC(CO)C(O)C(OS(=O)(=O)O)C1O)OC(=O)CCCCCCC/C=C\CCCCCCCC. The summed E-state index contributed by atoms with van der Waals surface area (Å²) in [6.45, 7) is 3.79. The number of rotatable bonds is 40. The van der Waals surface area contributed by atoms with Crippen LogP contribution in [-0.2, 0) is 38.3 Å². The van der Waals surface area contributed by atoms with Crippen molar-refractivity contribution in [2.24, 2.45) is 0 Å². The maximum absolute atomic E-state index is 12.9. The number of aliphatic hydroxyl groups is 3. The average molecular weight is 897 g/mol. The summed E-state index contributed by atoms with van der Waals surface area (Å²) in [5, 5.41) is 30.7. The van der Waals surface area contributed by atoms with Crippen molar-refractivity contribution in [3.05, 3.63) is 72.9 Å². The highest BCUT2D eigenvalue weighted by Gasteiger charge is 2.48. The molecule has 13 heteroatoms. The van der Waals surface area contributed by atoms with Crippen molar-refractivity contribution in [1.82, 2.24) is 0 Å². The van der Waals surface area contributed by atoms with Crippen LogP contribution in [0, 0.1) is 0 Å². The number of esters is 1. The van der Waals surface area contributed by atoms with E-state index in [-0.39, 0.29) is 19.6 Å². The summed E-state index contributed by atoms with van der Waals surface area (Å²) < 4.78 is 59.1. The Hall–Kier alpha value is -2.46. The molecule has 4 N–H and O–H groups in total. The van der Waals surface area contributed by atoms with E-state index in [1.54, 1.807) is 0 Å². The van der Waals surface area contributed by atoms with Crippen LogP contribution in [0.3, 0.4) is 0 Å². The number of ether oxygens (including phenoxy) is 4. The van der Waals surface area contributed by atoms with Crippen LogP contribution in [0.5, 0.6) is 0 Å². The number of aliphatic hydroxyl groups excluding tert-OH is 3. The van der Waals surface area contributed by atoms with E-state index in [2.05, 4.69) is 90.9 Å². The fraction of sp³-hybridized carbons (Fsp3) is 0.735. The molecule has 1 rings (SSSR count). The molecule has 12 nitrogen and oxygen atoms in total. The van der Waals surface area contributed by atoms with Gasteiger partial charge in [0.05, 0.1) is 19.8 Å². The van der Waals surface area contributed by atoms with Crippen molar-refractivity contribution in [2.45, 2.75) is 205 Å². The number of carbonyl (C=O) groups is 1. The van der Waals surface area contributed by atoms with Crippen molar-refractivity contribution in [3.63, 3.8) is 0 Å². The smallest absolute Gasteiger partial charge is 0.397 e. The average Bonchev–Trinajstić information content (AvgIpc) is 3.24. The first-order chi connectivity index (χ1) is 30.1. The molecule has 0 bridgehead atoms. The third-order valence-corrected chi connectivity index (χ3v) is 10.8. The minimum Gasteiger partial charge on any atom is -0.457 e. The van der Waals surface area contributed by atoms with Crippen LogP contribution in [0.15, 0.2) is 72.9 Å². The van der Waals surface area contributed by atoms with Crippen LogP contribution in [-0.4, -0.2) is 97.5 Å². The van der Waals surface area contributed by atoms with Gasteiger partial charge in [0.2, 0.25) is 0 Å². The van der Waals surface area contributed by atoms with Gasteiger partial charge in [0.1, 0.15) is 30.5 Å². The third kappa shape index (κ3) is 33.1. The minimum atomic E-state index is -5.07. The predicted octanol–water partition coefficient (Wildman–Crippen LogP) is 10.3. The second-order valence-electron chi connectivity index (χ2n) is 16.0. The van der Waals surface area contributed by atoms with Crippen LogP contribution in [0.2, 0.25) is 0 Å². The maximum atomic E-state index is 12.9. The highest BCUT2D eigenvalue weighted by atomic mass is 32.3. The van der Waals surface area contributed by atoms with Crippen molar-refractivity contribution in [1.29, 1.82) is 0 Å². The van der Waals surface area contributed by atoms with Crippen molar-refractivity contribution < 1.29 is 56.2 Å². The van der Waals surface area contributed by atoms with E-state index >= 15 is 0 Å². The zero-order valence-corrected chi connectivity index (χ0v) is 39.0. The van der Waals surface area contributed by atoms with E-state index < -0.39 is 59.8 Å². The first-order valence-electron chi connectivity index (χ1n) is 23.7. The zero-order chi connectivity index (χ0) is 45.4. The molecular weight excluding hydrogens is 813 g/mol. The van der Waals surface area contributed by atoms with Crippen molar-refractivity contribution in [2.75, 3.05) is 26.4 Å². The van der Waals surface area contributed by atoms with Gasteiger partial charge in [-0.05, 0) is 83.5 Å². The van der Waals surface area contributed by atoms with Gasteiger partial charge in [0, 0.05) is 13.0 Å². The first kappa shape index (κ1) is 57.6. The van der Waals surface area contributed by atoms with Gasteiger partial charge in [-0.1, -0.05) is 151 Å². The summed E-state index contributed by atoms with van der Waals surface area (Å²) >= 11 is 0. The van der Waals surface area contributed by atoms with Crippen LogP contribution < -0.4 is 0 Å². The Morgan fingerprint density at radius 2 is 1.11 bits per heavy atom. The summed E-state index contributed by atoms with van der Waals surface area (Å²) in [5.74, 6) is -0.420. The maximum Gasteiger partial charge on any atom is 0.397 e. The second-order valence-corrected chi connectivity index (χ2v) is 17.0. The van der Waals surface area contributed by atoms with E-state index in [0.29, 0.717) is 13.0 Å². The number of allylic oxidation sites excluding steroid dienone is 12. The van der Waals surface area contributed by atoms with Crippen LogP contribution in [0.1, 0.15) is 168 Å². The summed E-state index contributed by atoms with van der Waals surface area (Å²) in [7, 11) is -5.07. The van der Waals surface area contributed by atoms with Gasteiger partial charge >= 0.3 is 16.4 Å². The molecule has 6 unspecified atom stereocenters. The minimum absolute atomic E-state index is 0.0119. The Kier molecular flexibility index (Phi) is 37.2. The molecule has 1 heterocycles. The lowest BCUT2D eigenvalue weighted by Gasteiger charge is -2.41. The fourth-order valence-corrected chi connectivity index (χ4v) is 7.26. The van der Waals surface area contributed by atoms with E-state index in [4.69, 9.17) is 23.5 Å². The lowest BCUT2D eigenvalue weighted by molar-refractivity contribution is -0.301. The Morgan fingerprint density at radius 3 is 1.65 bits per heavy atom. The molecule has 1 aliphatic rings. The monoisotopic (exact) mass is 897 g/mol. The summed E-state index contributed by atoms with van der Waals surface area (Å²) in [6, 6.07) is 0. The van der Waals surface area contributed by atoms with Gasteiger partial charge in [0.25, 0.3) is 0 Å². The number of carbonyl (C=O) groups excluding carboxylic acids is 1. The molecule has 0 aromatic rings. The van der Waals surface area contributed by atoms with Gasteiger partial charge in [-0.25, -0.2) is 4.18 Å². The summed E-state index contributed by atoms with van der Waals surface area (Å²) in [5.41, 5.74) is 0. The molecule has 0 saturated carbocycles. The lowest BCUT2D eigenvalue weighted by Crippen LogP contribution is -2.60. The van der Waals surface area contributed by atoms with Gasteiger partial charge < -0.3 is 34.3 Å². The molecule has 6 atom stereocenters. The first-order valence-corrected chi connectivity index (χ1v) is 25.1. The molecule has 0 amide bonds. The normalized spacial score (nSPS) is 20.6.